The molecule has 1 heterocycles. The fourth-order valence-corrected chi connectivity index (χ4v) is 3.44. The van der Waals surface area contributed by atoms with Gasteiger partial charge in [-0.25, -0.2) is 0 Å². The summed E-state index contributed by atoms with van der Waals surface area (Å²) in [4.78, 5) is 0.590. The van der Waals surface area contributed by atoms with Crippen LogP contribution in [0.5, 0.6) is 5.75 Å². The van der Waals surface area contributed by atoms with Crippen molar-refractivity contribution < 1.29 is 9.47 Å². The van der Waals surface area contributed by atoms with Crippen molar-refractivity contribution in [3.05, 3.63) is 62.6 Å². The van der Waals surface area contributed by atoms with Crippen LogP contribution in [0.25, 0.3) is 0 Å². The molecule has 26 heavy (non-hydrogen) atoms. The third-order valence-corrected chi connectivity index (χ3v) is 5.42. The number of nitrogens with one attached hydrogen (secondary N) is 1. The molecule has 0 saturated carbocycles. The number of benzene rings is 2. The van der Waals surface area contributed by atoms with E-state index in [2.05, 4.69) is 5.32 Å². The average molecular weight is 431 g/mol. The zero-order valence-electron chi connectivity index (χ0n) is 13.9. The molecule has 1 saturated heterocycles. The zero-order valence-corrected chi connectivity index (χ0v) is 17.0. The summed E-state index contributed by atoms with van der Waals surface area (Å²) in [5, 5.41) is 4.87. The SMILES string of the molecule is S=C(NC[C@H]1CCCO1)c1cc(Cl)ccc1OCc1ccc(Cl)c(Cl)c1. The average Bonchev–Trinajstić information content (AvgIpc) is 3.15. The van der Waals surface area contributed by atoms with Gasteiger partial charge in [0, 0.05) is 18.2 Å². The lowest BCUT2D eigenvalue weighted by atomic mass is 10.1. The Morgan fingerprint density at radius 3 is 2.73 bits per heavy atom. The second-order valence-corrected chi connectivity index (χ2v) is 7.68. The number of hydrogen-bond acceptors (Lipinski definition) is 3. The Kier molecular flexibility index (Phi) is 7.01. The summed E-state index contributed by atoms with van der Waals surface area (Å²) in [5.74, 6) is 0.658. The van der Waals surface area contributed by atoms with E-state index in [1.54, 1.807) is 24.3 Å². The van der Waals surface area contributed by atoms with Crippen LogP contribution in [-0.2, 0) is 11.3 Å². The lowest BCUT2D eigenvalue weighted by Crippen LogP contribution is -2.31. The highest BCUT2D eigenvalue weighted by atomic mass is 35.5. The molecule has 0 radical (unpaired) electrons. The molecule has 0 amide bonds. The molecule has 0 aliphatic carbocycles. The fraction of sp³-hybridized carbons (Fsp3) is 0.316. The van der Waals surface area contributed by atoms with Crippen LogP contribution in [-0.4, -0.2) is 24.2 Å². The van der Waals surface area contributed by atoms with Crippen LogP contribution in [0.15, 0.2) is 36.4 Å². The number of rotatable bonds is 6. The molecule has 0 bridgehead atoms. The summed E-state index contributed by atoms with van der Waals surface area (Å²) < 4.78 is 11.6. The third-order valence-electron chi connectivity index (χ3n) is 4.08. The molecular formula is C19H18Cl3NO2S. The Labute approximate surface area is 173 Å². The van der Waals surface area contributed by atoms with Gasteiger partial charge in [-0.15, -0.1) is 0 Å². The first-order valence-electron chi connectivity index (χ1n) is 8.29. The maximum absolute atomic E-state index is 6.14. The minimum atomic E-state index is 0.202. The minimum absolute atomic E-state index is 0.202. The smallest absolute Gasteiger partial charge is 0.130 e. The van der Waals surface area contributed by atoms with Crippen LogP contribution >= 0.6 is 47.0 Å². The first kappa shape index (κ1) is 19.7. The first-order chi connectivity index (χ1) is 12.5. The van der Waals surface area contributed by atoms with Crippen LogP contribution in [0.2, 0.25) is 15.1 Å². The van der Waals surface area contributed by atoms with Gasteiger partial charge in [-0.05, 0) is 48.7 Å². The molecule has 2 aromatic rings. The molecule has 0 spiro atoms. The van der Waals surface area contributed by atoms with Crippen molar-refractivity contribution in [3.8, 4) is 5.75 Å². The van der Waals surface area contributed by atoms with Crippen molar-refractivity contribution in [2.24, 2.45) is 0 Å². The van der Waals surface area contributed by atoms with Gasteiger partial charge in [0.25, 0.3) is 0 Å². The van der Waals surface area contributed by atoms with Gasteiger partial charge >= 0.3 is 0 Å². The van der Waals surface area contributed by atoms with Crippen LogP contribution in [0.1, 0.15) is 24.0 Å². The third kappa shape index (κ3) is 5.24. The highest BCUT2D eigenvalue weighted by Gasteiger charge is 2.17. The number of ether oxygens (including phenoxy) is 2. The normalized spacial score (nSPS) is 16.5. The Bertz CT molecular complexity index is 794. The van der Waals surface area contributed by atoms with Gasteiger partial charge in [0.15, 0.2) is 0 Å². The number of halogens is 3. The predicted octanol–water partition coefficient (Wildman–Crippen LogP) is 5.67. The summed E-state index contributed by atoms with van der Waals surface area (Å²) in [5.41, 5.74) is 1.67. The fourth-order valence-electron chi connectivity index (χ4n) is 2.70. The monoisotopic (exact) mass is 429 g/mol. The molecule has 7 heteroatoms. The zero-order chi connectivity index (χ0) is 18.5. The van der Waals surface area contributed by atoms with Crippen molar-refractivity contribution in [3.63, 3.8) is 0 Å². The lowest BCUT2D eigenvalue weighted by Gasteiger charge is -2.16. The molecular weight excluding hydrogens is 413 g/mol. The number of thiocarbonyl (C=S) groups is 1. The van der Waals surface area contributed by atoms with E-state index in [9.17, 15) is 0 Å². The van der Waals surface area contributed by atoms with Gasteiger partial charge in [0.2, 0.25) is 0 Å². The molecule has 1 aliphatic rings. The van der Waals surface area contributed by atoms with Crippen LogP contribution < -0.4 is 10.1 Å². The standard InChI is InChI=1S/C19H18Cl3NO2S/c20-13-4-6-18(25-11-12-3-5-16(21)17(22)8-12)15(9-13)19(26)23-10-14-2-1-7-24-14/h3-6,8-9,14H,1-2,7,10-11H2,(H,23,26)/t14-/m1/s1. The van der Waals surface area contributed by atoms with E-state index in [-0.39, 0.29) is 6.10 Å². The molecule has 1 atom stereocenters. The quantitative estimate of drug-likeness (QED) is 0.598. The molecule has 0 aromatic heterocycles. The van der Waals surface area contributed by atoms with Crippen molar-refractivity contribution >= 4 is 52.0 Å². The second kappa shape index (κ2) is 9.25. The van der Waals surface area contributed by atoms with E-state index in [1.165, 1.54) is 0 Å². The number of hydrogen-bond donors (Lipinski definition) is 1. The molecule has 1 N–H and O–H groups in total. The van der Waals surface area contributed by atoms with Crippen molar-refractivity contribution in [2.75, 3.05) is 13.2 Å². The predicted molar refractivity (Wildman–Crippen MR) is 111 cm³/mol. The molecule has 2 aromatic carbocycles. The minimum Gasteiger partial charge on any atom is -0.488 e. The Morgan fingerprint density at radius 2 is 2.00 bits per heavy atom. The summed E-state index contributed by atoms with van der Waals surface area (Å²) in [7, 11) is 0. The highest BCUT2D eigenvalue weighted by Crippen LogP contribution is 2.26. The van der Waals surface area contributed by atoms with Crippen LogP contribution in [0, 0.1) is 0 Å². The largest absolute Gasteiger partial charge is 0.488 e. The van der Waals surface area contributed by atoms with E-state index in [0.29, 0.717) is 39.0 Å². The molecule has 3 nitrogen and oxygen atoms in total. The van der Waals surface area contributed by atoms with Gasteiger partial charge in [0.1, 0.15) is 17.3 Å². The van der Waals surface area contributed by atoms with E-state index in [4.69, 9.17) is 56.5 Å². The maximum Gasteiger partial charge on any atom is 0.130 e. The van der Waals surface area contributed by atoms with Crippen molar-refractivity contribution in [1.29, 1.82) is 0 Å². The molecule has 1 fully saturated rings. The summed E-state index contributed by atoms with van der Waals surface area (Å²) in [6.45, 7) is 1.84. The molecule has 3 rings (SSSR count). The van der Waals surface area contributed by atoms with Gasteiger partial charge in [-0.1, -0.05) is 53.1 Å². The topological polar surface area (TPSA) is 30.5 Å². The van der Waals surface area contributed by atoms with Crippen molar-refractivity contribution in [2.45, 2.75) is 25.6 Å². The molecule has 138 valence electrons. The van der Waals surface area contributed by atoms with Crippen LogP contribution in [0.3, 0.4) is 0 Å². The Balaban J connectivity index is 1.68. The lowest BCUT2D eigenvalue weighted by molar-refractivity contribution is 0.114. The van der Waals surface area contributed by atoms with E-state index < -0.39 is 0 Å². The second-order valence-electron chi connectivity index (χ2n) is 6.02. The van der Waals surface area contributed by atoms with Crippen LogP contribution in [0.4, 0.5) is 0 Å². The Morgan fingerprint density at radius 1 is 1.15 bits per heavy atom. The summed E-state index contributed by atoms with van der Waals surface area (Å²) in [6, 6.07) is 10.8. The first-order valence-corrected chi connectivity index (χ1v) is 9.83. The van der Waals surface area contributed by atoms with Gasteiger partial charge in [-0.2, -0.15) is 0 Å². The van der Waals surface area contributed by atoms with E-state index in [0.717, 1.165) is 30.6 Å². The molecule has 1 aliphatic heterocycles. The maximum atomic E-state index is 6.14. The van der Waals surface area contributed by atoms with Gasteiger partial charge in [-0.3, -0.25) is 0 Å². The van der Waals surface area contributed by atoms with E-state index in [1.807, 2.05) is 12.1 Å². The summed E-state index contributed by atoms with van der Waals surface area (Å²) >= 11 is 23.7. The molecule has 0 unspecified atom stereocenters. The van der Waals surface area contributed by atoms with Gasteiger partial charge < -0.3 is 14.8 Å². The van der Waals surface area contributed by atoms with E-state index >= 15 is 0 Å². The highest BCUT2D eigenvalue weighted by molar-refractivity contribution is 7.80. The summed E-state index contributed by atoms with van der Waals surface area (Å²) in [6.07, 6.45) is 2.34. The van der Waals surface area contributed by atoms with Gasteiger partial charge in [0.05, 0.1) is 21.7 Å². The Hall–Kier alpha value is -1.04. The van der Waals surface area contributed by atoms with Crippen molar-refractivity contribution in [1.82, 2.24) is 5.32 Å².